The number of aliphatic carboxylic acids is 1. The molecule has 1 aliphatic heterocycles. The van der Waals surface area contributed by atoms with Crippen LogP contribution in [0, 0.1) is 5.92 Å². The van der Waals surface area contributed by atoms with E-state index in [9.17, 15) is 22.8 Å². The van der Waals surface area contributed by atoms with Crippen LogP contribution in [-0.4, -0.2) is 52.7 Å². The number of anilines is 1. The van der Waals surface area contributed by atoms with Gasteiger partial charge in [0.1, 0.15) is 0 Å². The minimum Gasteiger partial charge on any atom is -0.475 e. The molecular formula is C33H29Cl2F3N8O4. The van der Waals surface area contributed by atoms with Crippen LogP contribution in [0.2, 0.25) is 10.2 Å². The largest absolute Gasteiger partial charge is 0.490 e. The van der Waals surface area contributed by atoms with E-state index in [1.54, 1.807) is 47.7 Å². The molecule has 5 aromatic rings. The average Bonchev–Trinajstić information content (AvgIpc) is 3.52. The second-order valence-corrected chi connectivity index (χ2v) is 12.2. The number of amides is 1. The zero-order valence-corrected chi connectivity index (χ0v) is 27.7. The molecule has 0 saturated heterocycles. The van der Waals surface area contributed by atoms with Crippen molar-refractivity contribution in [3.8, 4) is 28.1 Å². The first-order chi connectivity index (χ1) is 23.7. The summed E-state index contributed by atoms with van der Waals surface area (Å²) in [5.74, 6) is -3.05. The van der Waals surface area contributed by atoms with E-state index in [1.165, 1.54) is 10.7 Å². The van der Waals surface area contributed by atoms with Crippen molar-refractivity contribution in [2.75, 3.05) is 5.32 Å². The molecule has 0 aliphatic carbocycles. The first-order valence-corrected chi connectivity index (χ1v) is 15.9. The molecule has 3 aromatic heterocycles. The number of hydrogen-bond acceptors (Lipinski definition) is 8. The van der Waals surface area contributed by atoms with Crippen molar-refractivity contribution in [1.29, 1.82) is 0 Å². The Hall–Kier alpha value is -5.12. The quantitative estimate of drug-likeness (QED) is 0.192. The minimum absolute atomic E-state index is 0.0640. The fourth-order valence-corrected chi connectivity index (χ4v) is 5.70. The molecule has 4 N–H and O–H groups in total. The molecule has 0 radical (unpaired) electrons. The van der Waals surface area contributed by atoms with Crippen LogP contribution in [0.4, 0.5) is 18.9 Å². The number of nitrogens with two attached hydrogens (primary N) is 1. The summed E-state index contributed by atoms with van der Waals surface area (Å²) in [6, 6.07) is 14.1. The monoisotopic (exact) mass is 728 g/mol. The topological polar surface area (TPSA) is 171 Å². The summed E-state index contributed by atoms with van der Waals surface area (Å²) in [5, 5.41) is 18.8. The van der Waals surface area contributed by atoms with E-state index in [4.69, 9.17) is 38.8 Å². The van der Waals surface area contributed by atoms with Gasteiger partial charge in [-0.05, 0) is 54.3 Å². The first kappa shape index (κ1) is 36.2. The zero-order valence-electron chi connectivity index (χ0n) is 26.2. The van der Waals surface area contributed by atoms with E-state index in [1.807, 2.05) is 31.2 Å². The molecule has 17 heteroatoms. The van der Waals surface area contributed by atoms with Gasteiger partial charge in [0.15, 0.2) is 5.15 Å². The number of aromatic nitrogens is 6. The van der Waals surface area contributed by atoms with Gasteiger partial charge in [0.2, 0.25) is 5.91 Å². The van der Waals surface area contributed by atoms with Crippen LogP contribution in [0.25, 0.3) is 28.1 Å². The Morgan fingerprint density at radius 2 is 1.82 bits per heavy atom. The highest BCUT2D eigenvalue weighted by atomic mass is 35.5. The van der Waals surface area contributed by atoms with Crippen LogP contribution in [0.1, 0.15) is 43.4 Å². The molecule has 50 heavy (non-hydrogen) atoms. The van der Waals surface area contributed by atoms with E-state index in [-0.39, 0.29) is 28.6 Å². The number of carbonyl (C=O) groups is 2. The number of carboxylic acids is 1. The smallest absolute Gasteiger partial charge is 0.475 e. The molecule has 6 rings (SSSR count). The second-order valence-electron chi connectivity index (χ2n) is 11.4. The highest BCUT2D eigenvalue weighted by Gasteiger charge is 2.38. The summed E-state index contributed by atoms with van der Waals surface area (Å²) in [6.07, 6.45) is 3.53. The lowest BCUT2D eigenvalue weighted by Gasteiger charge is -2.23. The van der Waals surface area contributed by atoms with Gasteiger partial charge in [0, 0.05) is 58.3 Å². The van der Waals surface area contributed by atoms with Crippen molar-refractivity contribution < 1.29 is 27.9 Å². The number of fused-ring (bicyclic) bond motifs is 4. The fraction of sp³-hybridized carbons (Fsp3) is 0.242. The number of rotatable bonds is 4. The van der Waals surface area contributed by atoms with Gasteiger partial charge in [-0.2, -0.15) is 13.2 Å². The Morgan fingerprint density at radius 3 is 2.48 bits per heavy atom. The molecule has 0 unspecified atom stereocenters. The van der Waals surface area contributed by atoms with Crippen LogP contribution < -0.4 is 16.6 Å². The number of hydrogen-bond donors (Lipinski definition) is 3. The average molecular weight is 730 g/mol. The van der Waals surface area contributed by atoms with Crippen molar-refractivity contribution in [2.24, 2.45) is 11.7 Å². The molecule has 2 atom stereocenters. The molecule has 2 aromatic carbocycles. The van der Waals surface area contributed by atoms with Crippen LogP contribution in [0.5, 0.6) is 0 Å². The summed E-state index contributed by atoms with van der Waals surface area (Å²) < 4.78 is 34.9. The second kappa shape index (κ2) is 15.2. The predicted molar refractivity (Wildman–Crippen MR) is 180 cm³/mol. The van der Waals surface area contributed by atoms with Gasteiger partial charge in [-0.3, -0.25) is 19.1 Å². The third-order valence-corrected chi connectivity index (χ3v) is 8.36. The number of nitrogens with one attached hydrogen (secondary N) is 1. The number of carbonyl (C=O) groups excluding carboxylic acids is 1. The summed E-state index contributed by atoms with van der Waals surface area (Å²) in [5.41, 5.74) is 11.4. The van der Waals surface area contributed by atoms with E-state index >= 15 is 0 Å². The lowest BCUT2D eigenvalue weighted by Crippen LogP contribution is -2.26. The third kappa shape index (κ3) is 8.35. The van der Waals surface area contributed by atoms with E-state index in [0.717, 1.165) is 22.3 Å². The highest BCUT2D eigenvalue weighted by Crippen LogP contribution is 2.34. The lowest BCUT2D eigenvalue weighted by atomic mass is 9.93. The maximum absolute atomic E-state index is 13.7. The fourth-order valence-electron chi connectivity index (χ4n) is 5.40. The number of pyridine rings is 1. The molecule has 0 fully saturated rings. The Morgan fingerprint density at radius 1 is 1.06 bits per heavy atom. The van der Waals surface area contributed by atoms with Crippen LogP contribution >= 0.6 is 23.2 Å². The standard InChI is InChI=1S/C31H28Cl2N8O2.C2HF3O2/c1-18-3-2-4-27(21-10-20(14-35-15-21)23-7-5-19(13-34)9-26(23)37-31(18)43)40-17-36-25(12-30(40)42)24-11-22(32)6-8-28(24)41-16-29(33)38-39-41;3-2(4,5)1(6)7/h5-12,14-18,27H,2-4,13,34H2,1H3,(H,37,43);(H,6,7)/t18-,27+;/m1./s1. The van der Waals surface area contributed by atoms with Crippen molar-refractivity contribution >= 4 is 40.8 Å². The molecule has 260 valence electrons. The first-order valence-electron chi connectivity index (χ1n) is 15.1. The van der Waals surface area contributed by atoms with Crippen LogP contribution in [-0.2, 0) is 16.1 Å². The molecule has 1 aliphatic rings. The zero-order chi connectivity index (χ0) is 36.2. The van der Waals surface area contributed by atoms with Crippen LogP contribution in [0.15, 0.2) is 78.2 Å². The number of alkyl halides is 3. The van der Waals surface area contributed by atoms with E-state index < -0.39 is 12.1 Å². The van der Waals surface area contributed by atoms with Gasteiger partial charge in [-0.15, -0.1) is 5.10 Å². The molecule has 0 spiro atoms. The van der Waals surface area contributed by atoms with Gasteiger partial charge in [0.25, 0.3) is 5.56 Å². The molecule has 2 bridgehead atoms. The number of nitrogens with zero attached hydrogens (tertiary/aromatic N) is 6. The molecule has 1 amide bonds. The lowest BCUT2D eigenvalue weighted by molar-refractivity contribution is -0.192. The number of carboxylic acid groups (broad SMARTS) is 1. The minimum atomic E-state index is -5.08. The molecule has 0 saturated carbocycles. The van der Waals surface area contributed by atoms with Gasteiger partial charge in [0.05, 0.1) is 29.9 Å². The predicted octanol–water partition coefficient (Wildman–Crippen LogP) is 6.30. The Labute approximate surface area is 292 Å². The van der Waals surface area contributed by atoms with E-state index in [2.05, 4.69) is 25.6 Å². The van der Waals surface area contributed by atoms with Gasteiger partial charge in [-0.25, -0.2) is 14.5 Å². The van der Waals surface area contributed by atoms with Gasteiger partial charge in [-0.1, -0.05) is 53.9 Å². The third-order valence-electron chi connectivity index (χ3n) is 7.96. The summed E-state index contributed by atoms with van der Waals surface area (Å²) in [7, 11) is 0. The summed E-state index contributed by atoms with van der Waals surface area (Å²) >= 11 is 12.3. The SMILES string of the molecule is C[C@@H]1CCC[C@H](n2cnc(-c3cc(Cl)ccc3-n3cc(Cl)nn3)cc2=O)c2cncc(c2)-c2ccc(CN)cc2NC1=O.O=C(O)C(F)(F)F. The van der Waals surface area contributed by atoms with Crippen molar-refractivity contribution in [1.82, 2.24) is 29.5 Å². The van der Waals surface area contributed by atoms with Gasteiger partial charge < -0.3 is 16.2 Å². The number of benzene rings is 2. The number of halogens is 5. The van der Waals surface area contributed by atoms with Crippen molar-refractivity contribution in [3.05, 3.63) is 105 Å². The Kier molecular flexibility index (Phi) is 11.0. The highest BCUT2D eigenvalue weighted by molar-refractivity contribution is 6.31. The molecular weight excluding hydrogens is 700 g/mol. The normalized spacial score (nSPS) is 16.2. The maximum Gasteiger partial charge on any atom is 0.490 e. The summed E-state index contributed by atoms with van der Waals surface area (Å²) in [4.78, 5) is 44.9. The Bertz CT molecular complexity index is 2100. The van der Waals surface area contributed by atoms with Crippen molar-refractivity contribution in [2.45, 2.75) is 44.9 Å². The van der Waals surface area contributed by atoms with Crippen LogP contribution in [0.3, 0.4) is 0 Å². The Balaban J connectivity index is 0.000000630. The molecule has 12 nitrogen and oxygen atoms in total. The molecule has 4 heterocycles. The maximum atomic E-state index is 13.7. The van der Waals surface area contributed by atoms with Gasteiger partial charge >= 0.3 is 12.1 Å². The summed E-state index contributed by atoms with van der Waals surface area (Å²) in [6.45, 7) is 2.27. The van der Waals surface area contributed by atoms with Crippen molar-refractivity contribution in [3.63, 3.8) is 0 Å². The van der Waals surface area contributed by atoms with E-state index in [0.29, 0.717) is 53.5 Å².